The first kappa shape index (κ1) is 13.6. The number of nitrogens with zero attached hydrogens (tertiary/aromatic N) is 3. The lowest BCUT2D eigenvalue weighted by molar-refractivity contribution is -0.130. The molecule has 0 saturated carbocycles. The maximum atomic E-state index is 11.2. The Morgan fingerprint density at radius 3 is 2.26 bits per heavy atom. The third-order valence-corrected chi connectivity index (χ3v) is 3.53. The van der Waals surface area contributed by atoms with Crippen molar-refractivity contribution in [1.82, 2.24) is 9.80 Å². The van der Waals surface area contributed by atoms with E-state index in [9.17, 15) is 4.79 Å². The standard InChI is InChI=1S/C15H19N3O/c1-13(19)18-10-8-17(9-11-18)12-15-4-2-14(3-5-15)6-7-16/h2-5H,6,8-12H2,1H3. The van der Waals surface area contributed by atoms with E-state index in [1.54, 1.807) is 6.92 Å². The number of carbonyl (C=O) groups is 1. The van der Waals surface area contributed by atoms with Gasteiger partial charge in [-0.2, -0.15) is 5.26 Å². The maximum Gasteiger partial charge on any atom is 0.219 e. The van der Waals surface area contributed by atoms with Crippen molar-refractivity contribution < 1.29 is 4.79 Å². The zero-order chi connectivity index (χ0) is 13.7. The second-order valence-electron chi connectivity index (χ2n) is 4.93. The van der Waals surface area contributed by atoms with E-state index in [1.165, 1.54) is 5.56 Å². The molecule has 0 atom stereocenters. The SMILES string of the molecule is CC(=O)N1CCN(Cc2ccc(CC#N)cc2)CC1. The minimum absolute atomic E-state index is 0.167. The Kier molecular flexibility index (Phi) is 4.53. The zero-order valence-corrected chi connectivity index (χ0v) is 11.3. The van der Waals surface area contributed by atoms with Crippen LogP contribution in [-0.2, 0) is 17.8 Å². The third kappa shape index (κ3) is 3.80. The molecule has 1 heterocycles. The first-order valence-electron chi connectivity index (χ1n) is 6.61. The summed E-state index contributed by atoms with van der Waals surface area (Å²) in [5.41, 5.74) is 2.32. The number of rotatable bonds is 3. The van der Waals surface area contributed by atoms with Gasteiger partial charge in [0, 0.05) is 39.6 Å². The van der Waals surface area contributed by atoms with Gasteiger partial charge in [0.1, 0.15) is 0 Å². The van der Waals surface area contributed by atoms with Crippen LogP contribution in [0.2, 0.25) is 0 Å². The van der Waals surface area contributed by atoms with Crippen LogP contribution in [0.5, 0.6) is 0 Å². The minimum Gasteiger partial charge on any atom is -0.340 e. The molecule has 4 heteroatoms. The van der Waals surface area contributed by atoms with Gasteiger partial charge in [-0.15, -0.1) is 0 Å². The highest BCUT2D eigenvalue weighted by Crippen LogP contribution is 2.10. The second-order valence-corrected chi connectivity index (χ2v) is 4.93. The summed E-state index contributed by atoms with van der Waals surface area (Å²) < 4.78 is 0. The van der Waals surface area contributed by atoms with E-state index in [0.717, 1.165) is 38.3 Å². The van der Waals surface area contributed by atoms with Gasteiger partial charge in [0.05, 0.1) is 12.5 Å². The smallest absolute Gasteiger partial charge is 0.219 e. The summed E-state index contributed by atoms with van der Waals surface area (Å²) in [6, 6.07) is 10.4. The van der Waals surface area contributed by atoms with Gasteiger partial charge in [0.2, 0.25) is 5.91 Å². The Balaban J connectivity index is 1.85. The van der Waals surface area contributed by atoms with Crippen LogP contribution in [-0.4, -0.2) is 41.9 Å². The highest BCUT2D eigenvalue weighted by atomic mass is 16.2. The van der Waals surface area contributed by atoms with E-state index in [-0.39, 0.29) is 5.91 Å². The van der Waals surface area contributed by atoms with E-state index < -0.39 is 0 Å². The maximum absolute atomic E-state index is 11.2. The number of benzene rings is 1. The highest BCUT2D eigenvalue weighted by molar-refractivity contribution is 5.73. The predicted molar refractivity (Wildman–Crippen MR) is 73.3 cm³/mol. The molecule has 1 aromatic rings. The van der Waals surface area contributed by atoms with E-state index in [1.807, 2.05) is 17.0 Å². The number of nitriles is 1. The number of hydrogen-bond acceptors (Lipinski definition) is 3. The fourth-order valence-corrected chi connectivity index (χ4v) is 2.33. The molecule has 100 valence electrons. The topological polar surface area (TPSA) is 47.3 Å². The molecule has 1 aromatic carbocycles. The number of carbonyl (C=O) groups excluding carboxylic acids is 1. The Bertz CT molecular complexity index is 467. The largest absolute Gasteiger partial charge is 0.340 e. The Labute approximate surface area is 114 Å². The first-order chi connectivity index (χ1) is 9.19. The van der Waals surface area contributed by atoms with Gasteiger partial charge < -0.3 is 4.90 Å². The van der Waals surface area contributed by atoms with Crippen LogP contribution in [0.4, 0.5) is 0 Å². The van der Waals surface area contributed by atoms with Crippen LogP contribution in [0.25, 0.3) is 0 Å². The lowest BCUT2D eigenvalue weighted by Crippen LogP contribution is -2.47. The lowest BCUT2D eigenvalue weighted by Gasteiger charge is -2.34. The second kappa shape index (κ2) is 6.35. The quantitative estimate of drug-likeness (QED) is 0.822. The summed E-state index contributed by atoms with van der Waals surface area (Å²) in [7, 11) is 0. The lowest BCUT2D eigenvalue weighted by atomic mass is 10.1. The fraction of sp³-hybridized carbons (Fsp3) is 0.467. The average Bonchev–Trinajstić information content (AvgIpc) is 2.42. The van der Waals surface area contributed by atoms with Crippen molar-refractivity contribution in [3.05, 3.63) is 35.4 Å². The summed E-state index contributed by atoms with van der Waals surface area (Å²) >= 11 is 0. The van der Waals surface area contributed by atoms with E-state index >= 15 is 0 Å². The molecular weight excluding hydrogens is 238 g/mol. The van der Waals surface area contributed by atoms with E-state index in [2.05, 4.69) is 23.1 Å². The number of hydrogen-bond donors (Lipinski definition) is 0. The van der Waals surface area contributed by atoms with E-state index in [0.29, 0.717) is 6.42 Å². The number of piperazine rings is 1. The van der Waals surface area contributed by atoms with Crippen molar-refractivity contribution >= 4 is 5.91 Å². The highest BCUT2D eigenvalue weighted by Gasteiger charge is 2.18. The molecule has 0 bridgehead atoms. The molecule has 0 spiro atoms. The average molecular weight is 257 g/mol. The summed E-state index contributed by atoms with van der Waals surface area (Å²) in [4.78, 5) is 15.5. The summed E-state index contributed by atoms with van der Waals surface area (Å²) in [6.45, 7) is 6.05. The molecule has 1 saturated heterocycles. The molecule has 0 unspecified atom stereocenters. The van der Waals surface area contributed by atoms with Crippen LogP contribution in [0.1, 0.15) is 18.1 Å². The van der Waals surface area contributed by atoms with Crippen molar-refractivity contribution in [2.75, 3.05) is 26.2 Å². The first-order valence-corrected chi connectivity index (χ1v) is 6.61. The predicted octanol–water partition coefficient (Wildman–Crippen LogP) is 1.42. The van der Waals surface area contributed by atoms with Crippen LogP contribution in [0, 0.1) is 11.3 Å². The molecule has 0 aliphatic carbocycles. The van der Waals surface area contributed by atoms with Crippen molar-refractivity contribution in [2.45, 2.75) is 19.9 Å². The monoisotopic (exact) mass is 257 g/mol. The minimum atomic E-state index is 0.167. The van der Waals surface area contributed by atoms with Crippen molar-refractivity contribution in [1.29, 1.82) is 5.26 Å². The molecular formula is C15H19N3O. The number of amides is 1. The van der Waals surface area contributed by atoms with E-state index in [4.69, 9.17) is 5.26 Å². The van der Waals surface area contributed by atoms with Crippen molar-refractivity contribution in [3.8, 4) is 6.07 Å². The van der Waals surface area contributed by atoms with Gasteiger partial charge in [-0.1, -0.05) is 24.3 Å². The molecule has 0 N–H and O–H groups in total. The fourth-order valence-electron chi connectivity index (χ4n) is 2.33. The molecule has 0 radical (unpaired) electrons. The van der Waals surface area contributed by atoms with Crippen LogP contribution >= 0.6 is 0 Å². The van der Waals surface area contributed by atoms with Crippen molar-refractivity contribution in [3.63, 3.8) is 0 Å². The van der Waals surface area contributed by atoms with Gasteiger partial charge in [-0.3, -0.25) is 9.69 Å². The molecule has 19 heavy (non-hydrogen) atoms. The van der Waals surface area contributed by atoms with Crippen LogP contribution in [0.15, 0.2) is 24.3 Å². The van der Waals surface area contributed by atoms with Gasteiger partial charge >= 0.3 is 0 Å². The summed E-state index contributed by atoms with van der Waals surface area (Å²) in [5, 5.41) is 8.63. The zero-order valence-electron chi connectivity index (χ0n) is 11.3. The van der Waals surface area contributed by atoms with Gasteiger partial charge in [-0.25, -0.2) is 0 Å². The Morgan fingerprint density at radius 1 is 1.16 bits per heavy atom. The molecule has 1 aliphatic rings. The summed E-state index contributed by atoms with van der Waals surface area (Å²) in [5.74, 6) is 0.167. The molecule has 1 fully saturated rings. The third-order valence-electron chi connectivity index (χ3n) is 3.53. The van der Waals surface area contributed by atoms with Gasteiger partial charge in [0.15, 0.2) is 0 Å². The van der Waals surface area contributed by atoms with Crippen LogP contribution < -0.4 is 0 Å². The summed E-state index contributed by atoms with van der Waals surface area (Å²) in [6.07, 6.45) is 0.470. The van der Waals surface area contributed by atoms with Gasteiger partial charge in [0.25, 0.3) is 0 Å². The Hall–Kier alpha value is -1.86. The Morgan fingerprint density at radius 2 is 1.74 bits per heavy atom. The molecule has 0 aromatic heterocycles. The molecule has 4 nitrogen and oxygen atoms in total. The molecule has 2 rings (SSSR count). The molecule has 1 aliphatic heterocycles. The molecule has 1 amide bonds. The normalized spacial score (nSPS) is 16.1. The van der Waals surface area contributed by atoms with Crippen LogP contribution in [0.3, 0.4) is 0 Å². The van der Waals surface area contributed by atoms with Crippen molar-refractivity contribution in [2.24, 2.45) is 0 Å². The van der Waals surface area contributed by atoms with Gasteiger partial charge in [-0.05, 0) is 11.1 Å².